The molecule has 38 heavy (non-hydrogen) atoms. The number of aliphatic hydroxyl groups excluding tert-OH is 1. The number of ether oxygens (including phenoxy) is 3. The highest BCUT2D eigenvalue weighted by atomic mass is 16.5. The SMILES string of the molecule is COC1=C(C)C(=O)C2=C(C1=O)C1C3CC4=C(C(=O)C(OC)=C(C)C4=O)C(COC(C)=O)N3C(O)C(C2)N1C. The van der Waals surface area contributed by atoms with Gasteiger partial charge in [0.1, 0.15) is 12.8 Å². The van der Waals surface area contributed by atoms with E-state index in [1.807, 2.05) is 4.90 Å². The molecule has 11 heteroatoms. The summed E-state index contributed by atoms with van der Waals surface area (Å²) < 4.78 is 15.9. The predicted molar refractivity (Wildman–Crippen MR) is 130 cm³/mol. The van der Waals surface area contributed by atoms with Gasteiger partial charge in [0, 0.05) is 46.4 Å². The van der Waals surface area contributed by atoms with Crippen LogP contribution in [0.5, 0.6) is 0 Å². The van der Waals surface area contributed by atoms with Crippen molar-refractivity contribution in [2.45, 2.75) is 64.0 Å². The van der Waals surface area contributed by atoms with Gasteiger partial charge in [-0.25, -0.2) is 0 Å². The van der Waals surface area contributed by atoms with Crippen LogP contribution in [0.1, 0.15) is 33.6 Å². The molecule has 1 fully saturated rings. The minimum absolute atomic E-state index is 0.0297. The van der Waals surface area contributed by atoms with Gasteiger partial charge in [0.05, 0.1) is 32.3 Å². The summed E-state index contributed by atoms with van der Waals surface area (Å²) in [5.74, 6) is -2.31. The van der Waals surface area contributed by atoms with Crippen LogP contribution in [-0.2, 0) is 38.2 Å². The van der Waals surface area contributed by atoms with E-state index in [2.05, 4.69) is 0 Å². The van der Waals surface area contributed by atoms with Crippen LogP contribution in [0.25, 0.3) is 0 Å². The van der Waals surface area contributed by atoms with Gasteiger partial charge in [0.15, 0.2) is 23.1 Å². The third-order valence-corrected chi connectivity index (χ3v) is 8.49. The topological polar surface area (TPSA) is 140 Å². The van der Waals surface area contributed by atoms with E-state index in [4.69, 9.17) is 14.2 Å². The Balaban J connectivity index is 1.69. The number of Topliss-reactive ketones (excluding diaryl/α,β-unsaturated/α-hetero) is 4. The average molecular weight is 527 g/mol. The Hall–Kier alpha value is -3.41. The Morgan fingerprint density at radius 2 is 1.37 bits per heavy atom. The minimum atomic E-state index is -1.19. The Kier molecular flexibility index (Phi) is 6.28. The predicted octanol–water partition coefficient (Wildman–Crippen LogP) is 0.135. The summed E-state index contributed by atoms with van der Waals surface area (Å²) in [6, 6.07) is -2.93. The Labute approximate surface area is 219 Å². The number of carbonyl (C=O) groups excluding carboxylic acids is 5. The third-order valence-electron chi connectivity index (χ3n) is 8.49. The van der Waals surface area contributed by atoms with E-state index in [1.165, 1.54) is 28.1 Å². The fraction of sp³-hybridized carbons (Fsp3) is 0.519. The second-order valence-corrected chi connectivity index (χ2v) is 10.2. The Bertz CT molecular complexity index is 1330. The summed E-state index contributed by atoms with van der Waals surface area (Å²) in [4.78, 5) is 69.3. The van der Waals surface area contributed by atoms with Crippen LogP contribution in [0.3, 0.4) is 0 Å². The number of fused-ring (bicyclic) bond motifs is 5. The van der Waals surface area contributed by atoms with Crippen molar-refractivity contribution < 1.29 is 43.3 Å². The van der Waals surface area contributed by atoms with E-state index in [-0.39, 0.29) is 70.4 Å². The molecule has 5 unspecified atom stereocenters. The molecular formula is C27H30N2O9. The van der Waals surface area contributed by atoms with Gasteiger partial charge in [-0.1, -0.05) is 0 Å². The molecule has 1 N–H and O–H groups in total. The number of ketones is 4. The second-order valence-electron chi connectivity index (χ2n) is 10.2. The first-order chi connectivity index (χ1) is 18.0. The molecule has 11 nitrogen and oxygen atoms in total. The van der Waals surface area contributed by atoms with Crippen LogP contribution in [0.2, 0.25) is 0 Å². The molecule has 0 aromatic rings. The van der Waals surface area contributed by atoms with Gasteiger partial charge in [-0.3, -0.25) is 33.8 Å². The molecule has 0 radical (unpaired) electrons. The number of methoxy groups -OCH3 is 2. The number of carbonyl (C=O) groups is 5. The normalized spacial score (nSPS) is 31.9. The van der Waals surface area contributed by atoms with Crippen molar-refractivity contribution in [1.82, 2.24) is 9.80 Å². The highest BCUT2D eigenvalue weighted by molar-refractivity contribution is 6.26. The lowest BCUT2D eigenvalue weighted by Crippen LogP contribution is -2.74. The van der Waals surface area contributed by atoms with Gasteiger partial charge in [-0.15, -0.1) is 0 Å². The van der Waals surface area contributed by atoms with Crippen LogP contribution < -0.4 is 0 Å². The summed E-state index contributed by atoms with van der Waals surface area (Å²) >= 11 is 0. The lowest BCUT2D eigenvalue weighted by atomic mass is 9.68. The molecule has 2 bridgehead atoms. The van der Waals surface area contributed by atoms with Crippen molar-refractivity contribution >= 4 is 29.1 Å². The summed E-state index contributed by atoms with van der Waals surface area (Å²) in [7, 11) is 4.41. The molecule has 202 valence electrons. The van der Waals surface area contributed by atoms with E-state index in [1.54, 1.807) is 18.9 Å². The second kappa shape index (κ2) is 9.11. The highest BCUT2D eigenvalue weighted by Gasteiger charge is 2.59. The van der Waals surface area contributed by atoms with Crippen LogP contribution in [-0.4, -0.2) is 102 Å². The lowest BCUT2D eigenvalue weighted by Gasteiger charge is -2.60. The zero-order valence-electron chi connectivity index (χ0n) is 22.1. The van der Waals surface area contributed by atoms with Crippen LogP contribution >= 0.6 is 0 Å². The zero-order chi connectivity index (χ0) is 27.8. The monoisotopic (exact) mass is 526 g/mol. The van der Waals surface area contributed by atoms with Crippen LogP contribution in [0.4, 0.5) is 0 Å². The number of esters is 1. The molecule has 0 aromatic heterocycles. The molecular weight excluding hydrogens is 496 g/mol. The number of hydrogen-bond donors (Lipinski definition) is 1. The van der Waals surface area contributed by atoms with Gasteiger partial charge in [-0.2, -0.15) is 0 Å². The lowest BCUT2D eigenvalue weighted by molar-refractivity contribution is -0.171. The average Bonchev–Trinajstić information content (AvgIpc) is 2.87. The van der Waals surface area contributed by atoms with E-state index >= 15 is 0 Å². The fourth-order valence-electron chi connectivity index (χ4n) is 6.78. The van der Waals surface area contributed by atoms with Crippen LogP contribution in [0.15, 0.2) is 45.0 Å². The number of nitrogens with zero attached hydrogens (tertiary/aromatic N) is 2. The maximum Gasteiger partial charge on any atom is 0.302 e. The number of allylic oxidation sites excluding steroid dienone is 4. The number of rotatable bonds is 4. The highest BCUT2D eigenvalue weighted by Crippen LogP contribution is 2.48. The van der Waals surface area contributed by atoms with Gasteiger partial charge in [0.25, 0.3) is 0 Å². The molecule has 5 rings (SSSR count). The molecule has 0 saturated carbocycles. The zero-order valence-corrected chi connectivity index (χ0v) is 22.1. The van der Waals surface area contributed by atoms with E-state index in [9.17, 15) is 29.1 Å². The van der Waals surface area contributed by atoms with E-state index in [0.717, 1.165) is 0 Å². The molecule has 0 spiro atoms. The standard InChI is InChI=1S/C27H30N2O9/c1-10-21(31)13-7-15-20-19-14(22(32)11(2)26(37-6)24(19)34)8-16(28(20)4)27(35)29(15)17(9-38-12(3)30)18(13)23(33)25(10)36-5/h15-17,20,27,35H,7-9H2,1-6H3. The fourth-order valence-corrected chi connectivity index (χ4v) is 6.78. The third kappa shape index (κ3) is 3.41. The molecule has 3 heterocycles. The Morgan fingerprint density at radius 3 is 1.89 bits per heavy atom. The quantitative estimate of drug-likeness (QED) is 0.395. The molecule has 3 aliphatic heterocycles. The summed E-state index contributed by atoms with van der Waals surface area (Å²) in [5.41, 5.74) is 1.32. The first kappa shape index (κ1) is 26.2. The smallest absolute Gasteiger partial charge is 0.302 e. The molecule has 5 atom stereocenters. The molecule has 1 saturated heterocycles. The van der Waals surface area contributed by atoms with Crippen molar-refractivity contribution in [2.75, 3.05) is 27.9 Å². The summed E-state index contributed by atoms with van der Waals surface area (Å²) in [6.45, 7) is 3.99. The number of hydrogen-bond acceptors (Lipinski definition) is 11. The maximum absolute atomic E-state index is 13.7. The molecule has 5 aliphatic rings. The van der Waals surface area contributed by atoms with Crippen molar-refractivity contribution in [1.29, 1.82) is 0 Å². The van der Waals surface area contributed by atoms with Gasteiger partial charge < -0.3 is 19.3 Å². The maximum atomic E-state index is 13.7. The van der Waals surface area contributed by atoms with Crippen molar-refractivity contribution in [3.63, 3.8) is 0 Å². The Morgan fingerprint density at radius 1 is 0.868 bits per heavy atom. The van der Waals surface area contributed by atoms with Gasteiger partial charge in [0.2, 0.25) is 11.6 Å². The largest absolute Gasteiger partial charge is 0.492 e. The molecule has 0 amide bonds. The summed E-state index contributed by atoms with van der Waals surface area (Å²) in [6.07, 6.45) is -1.05. The number of likely N-dealkylation sites (N-methyl/N-ethyl adjacent to an activating group) is 1. The van der Waals surface area contributed by atoms with E-state index in [0.29, 0.717) is 5.57 Å². The molecule has 2 aliphatic carbocycles. The van der Waals surface area contributed by atoms with E-state index < -0.39 is 47.9 Å². The summed E-state index contributed by atoms with van der Waals surface area (Å²) in [5, 5.41) is 11.7. The van der Waals surface area contributed by atoms with Gasteiger partial charge >= 0.3 is 5.97 Å². The van der Waals surface area contributed by atoms with Crippen molar-refractivity contribution in [3.8, 4) is 0 Å². The molecule has 0 aromatic carbocycles. The van der Waals surface area contributed by atoms with Crippen molar-refractivity contribution in [3.05, 3.63) is 45.0 Å². The van der Waals surface area contributed by atoms with Crippen LogP contribution in [0, 0.1) is 0 Å². The van der Waals surface area contributed by atoms with Gasteiger partial charge in [-0.05, 0) is 33.7 Å². The first-order valence-electron chi connectivity index (χ1n) is 12.4. The van der Waals surface area contributed by atoms with Crippen molar-refractivity contribution in [2.24, 2.45) is 0 Å². The number of aliphatic hydroxyl groups is 1. The first-order valence-corrected chi connectivity index (χ1v) is 12.4. The minimum Gasteiger partial charge on any atom is -0.492 e. The number of piperazine rings is 1.